The summed E-state index contributed by atoms with van der Waals surface area (Å²) in [5, 5.41) is 30.7. The van der Waals surface area contributed by atoms with Gasteiger partial charge in [-0.3, -0.25) is 0 Å². The lowest BCUT2D eigenvalue weighted by atomic mass is 10.3. The number of hydrogen-bond donors (Lipinski definition) is 4. The Morgan fingerprint density at radius 1 is 0.596 bits per heavy atom. The first-order chi connectivity index (χ1) is 22.8. The predicted molar refractivity (Wildman–Crippen MR) is 182 cm³/mol. The van der Waals surface area contributed by atoms with Crippen LogP contribution >= 0.6 is 11.6 Å². The van der Waals surface area contributed by atoms with Crippen LogP contribution in [0, 0.1) is 0 Å². The second-order valence-electron chi connectivity index (χ2n) is 10.8. The third-order valence-electron chi connectivity index (χ3n) is 7.07. The molecule has 0 atom stereocenters. The van der Waals surface area contributed by atoms with Crippen molar-refractivity contribution >= 4 is 58.1 Å². The number of hydrogen-bond acceptors (Lipinski definition) is 11. The molecule has 0 aliphatic rings. The number of benzene rings is 2. The zero-order valence-corrected chi connectivity index (χ0v) is 27.7. The molecule has 0 fully saturated rings. The first kappa shape index (κ1) is 32.9. The number of aromatic nitrogens is 7. The van der Waals surface area contributed by atoms with Crippen molar-refractivity contribution in [3.05, 3.63) is 78.6 Å². The number of halogens is 1. The van der Waals surface area contributed by atoms with Gasteiger partial charge in [-0.15, -0.1) is 0 Å². The zero-order valence-electron chi connectivity index (χ0n) is 27.0. The van der Waals surface area contributed by atoms with Crippen LogP contribution in [0.15, 0.2) is 93.8 Å². The van der Waals surface area contributed by atoms with Crippen molar-refractivity contribution in [1.82, 2.24) is 24.1 Å². The van der Waals surface area contributed by atoms with E-state index in [0.717, 1.165) is 60.6 Å². The van der Waals surface area contributed by atoms with Crippen LogP contribution in [-0.4, -0.2) is 50.3 Å². The van der Waals surface area contributed by atoms with E-state index in [1.165, 1.54) is 0 Å². The average Bonchev–Trinajstić information content (AvgIpc) is 3.57. The molecule has 5 aromatic rings. The molecule has 5 rings (SSSR count). The smallest absolute Gasteiger partial charge is 0.385 e. The number of imidazole rings is 2. The van der Waals surface area contributed by atoms with Crippen molar-refractivity contribution < 1.29 is 9.13 Å². The van der Waals surface area contributed by atoms with Crippen molar-refractivity contribution in [3.8, 4) is 0 Å². The summed E-state index contributed by atoms with van der Waals surface area (Å²) >= 11 is 6.15. The first-order valence-electron chi connectivity index (χ1n) is 15.3. The molecule has 47 heavy (non-hydrogen) atoms. The second-order valence-corrected chi connectivity index (χ2v) is 11.1. The van der Waals surface area contributed by atoms with Gasteiger partial charge in [0.05, 0.1) is 53.0 Å². The van der Waals surface area contributed by atoms with Crippen LogP contribution in [0.3, 0.4) is 0 Å². The predicted octanol–water partition coefficient (Wildman–Crippen LogP) is 5.51. The van der Waals surface area contributed by atoms with E-state index in [2.05, 4.69) is 56.7 Å². The van der Waals surface area contributed by atoms with Gasteiger partial charge in [-0.2, -0.15) is 15.0 Å². The van der Waals surface area contributed by atoms with Gasteiger partial charge >= 0.3 is 11.9 Å². The van der Waals surface area contributed by atoms with E-state index >= 15 is 0 Å². The lowest BCUT2D eigenvalue weighted by Crippen LogP contribution is -2.25. The maximum Gasteiger partial charge on any atom is 0.421 e. The van der Waals surface area contributed by atoms with E-state index in [4.69, 9.17) is 11.6 Å². The highest BCUT2D eigenvalue weighted by Crippen LogP contribution is 2.20. The van der Waals surface area contributed by atoms with E-state index in [1.54, 1.807) is 0 Å². The van der Waals surface area contributed by atoms with Crippen molar-refractivity contribution in [1.29, 1.82) is 0 Å². The number of anilines is 4. The fraction of sp³-hybridized carbons (Fsp3) is 0.323. The summed E-state index contributed by atoms with van der Waals surface area (Å²) in [5.74, 6) is 2.41. The molecule has 0 saturated heterocycles. The van der Waals surface area contributed by atoms with Crippen molar-refractivity contribution in [3.63, 3.8) is 0 Å². The van der Waals surface area contributed by atoms with Gasteiger partial charge in [-0.1, -0.05) is 10.2 Å². The van der Waals surface area contributed by atoms with Gasteiger partial charge < -0.3 is 21.3 Å². The first-order valence-corrected chi connectivity index (χ1v) is 15.6. The molecular formula is C31H40ClN15+2. The summed E-state index contributed by atoms with van der Waals surface area (Å²) in [4.78, 5) is 12.8. The van der Waals surface area contributed by atoms with Gasteiger partial charge in [0.15, 0.2) is 0 Å². The molecule has 3 aromatic heterocycles. The number of nitrogens with zero attached hydrogens (tertiary/aromatic N) is 11. The third kappa shape index (κ3) is 9.77. The maximum atomic E-state index is 6.15. The molecule has 4 N–H and O–H groups in total. The van der Waals surface area contributed by atoms with Gasteiger partial charge in [0.2, 0.25) is 17.2 Å². The molecular weight excluding hydrogens is 618 g/mol. The summed E-state index contributed by atoms with van der Waals surface area (Å²) in [6.07, 6.45) is 9.44. The SMILES string of the molecule is Cn1cc[n+](C)c1N=Nc1ccc(NCCCNc2nc(Cl)nc(NCCCNc3ccc(N=Nc4n(C)cc[n+]4C)cc3)n2)cc1. The highest BCUT2D eigenvalue weighted by Gasteiger charge is 2.11. The Balaban J connectivity index is 0.971. The molecule has 0 amide bonds. The lowest BCUT2D eigenvalue weighted by molar-refractivity contribution is -0.657. The Hall–Kier alpha value is -5.44. The minimum absolute atomic E-state index is 0.137. The van der Waals surface area contributed by atoms with E-state index < -0.39 is 0 Å². The van der Waals surface area contributed by atoms with Gasteiger partial charge in [0, 0.05) is 47.8 Å². The minimum atomic E-state index is 0.137. The fourth-order valence-corrected chi connectivity index (χ4v) is 4.65. The molecule has 0 saturated carbocycles. The summed E-state index contributed by atoms with van der Waals surface area (Å²) < 4.78 is 7.67. The minimum Gasteiger partial charge on any atom is -0.385 e. The molecule has 0 bridgehead atoms. The highest BCUT2D eigenvalue weighted by molar-refractivity contribution is 6.28. The number of aryl methyl sites for hydroxylation is 4. The highest BCUT2D eigenvalue weighted by atomic mass is 35.5. The topological polar surface area (TPSA) is 154 Å². The van der Waals surface area contributed by atoms with Gasteiger partial charge in [-0.25, -0.2) is 18.3 Å². The molecule has 16 heteroatoms. The molecule has 0 radical (unpaired) electrons. The third-order valence-corrected chi connectivity index (χ3v) is 7.24. The van der Waals surface area contributed by atoms with E-state index in [-0.39, 0.29) is 5.28 Å². The monoisotopic (exact) mass is 657 g/mol. The van der Waals surface area contributed by atoms with Crippen LogP contribution in [0.2, 0.25) is 5.28 Å². The van der Waals surface area contributed by atoms with Gasteiger partial charge in [0.1, 0.15) is 11.4 Å². The Bertz CT molecular complexity index is 1630. The van der Waals surface area contributed by atoms with Crippen LogP contribution in [0.5, 0.6) is 0 Å². The normalized spacial score (nSPS) is 11.4. The van der Waals surface area contributed by atoms with Crippen LogP contribution in [0.25, 0.3) is 0 Å². The van der Waals surface area contributed by atoms with Gasteiger partial charge in [0.25, 0.3) is 0 Å². The summed E-state index contributed by atoms with van der Waals surface area (Å²) in [6.45, 7) is 2.87. The molecule has 3 heterocycles. The van der Waals surface area contributed by atoms with Crippen LogP contribution in [0.4, 0.5) is 46.5 Å². The molecule has 0 aliphatic carbocycles. The van der Waals surface area contributed by atoms with E-state index in [9.17, 15) is 0 Å². The fourth-order valence-electron chi connectivity index (χ4n) is 4.49. The van der Waals surface area contributed by atoms with Crippen LogP contribution in [0.1, 0.15) is 12.8 Å². The number of rotatable bonds is 16. The Labute approximate surface area is 278 Å². The standard InChI is InChI=1S/C31H38ClN15/c1-44-19-20-45(2)30(44)42-40-25-11-7-23(8-12-25)33-15-5-17-35-28-37-27(32)38-29(39-28)36-18-6-16-34-24-9-13-26(14-10-24)41-43-31-46(3)21-22-47(31)4/h7-14,19-22H,5-6,15-18H2,1-4H3,(H2,35,36,37,38,39)/p+2. The Kier molecular flexibility index (Phi) is 11.4. The number of azo groups is 2. The molecule has 2 aromatic carbocycles. The summed E-state index contributed by atoms with van der Waals surface area (Å²) in [7, 11) is 7.75. The summed E-state index contributed by atoms with van der Waals surface area (Å²) in [5.41, 5.74) is 3.59. The second kappa shape index (κ2) is 16.2. The molecule has 15 nitrogen and oxygen atoms in total. The van der Waals surface area contributed by atoms with Crippen LogP contribution < -0.4 is 30.4 Å². The van der Waals surface area contributed by atoms with Crippen molar-refractivity contribution in [2.45, 2.75) is 12.8 Å². The van der Waals surface area contributed by atoms with E-state index in [1.807, 2.05) is 120 Å². The van der Waals surface area contributed by atoms with Crippen LogP contribution in [-0.2, 0) is 28.2 Å². The summed E-state index contributed by atoms with van der Waals surface area (Å²) in [6, 6.07) is 15.7. The molecule has 0 spiro atoms. The molecule has 244 valence electrons. The molecule has 0 aliphatic heterocycles. The number of nitrogens with one attached hydrogen (secondary N) is 4. The van der Waals surface area contributed by atoms with Gasteiger partial charge in [-0.05, 0) is 73.0 Å². The molecule has 0 unspecified atom stereocenters. The quantitative estimate of drug-likeness (QED) is 0.0620. The van der Waals surface area contributed by atoms with Crippen molar-refractivity contribution in [2.24, 2.45) is 48.6 Å². The Morgan fingerprint density at radius 2 is 1.00 bits per heavy atom. The average molecular weight is 658 g/mol. The van der Waals surface area contributed by atoms with Crippen molar-refractivity contribution in [2.75, 3.05) is 47.4 Å². The lowest BCUT2D eigenvalue weighted by Gasteiger charge is -2.10. The van der Waals surface area contributed by atoms with E-state index in [0.29, 0.717) is 25.0 Å². The Morgan fingerprint density at radius 3 is 1.38 bits per heavy atom. The zero-order chi connectivity index (χ0) is 33.0. The largest absolute Gasteiger partial charge is 0.421 e. The maximum absolute atomic E-state index is 6.15.